The van der Waals surface area contributed by atoms with Gasteiger partial charge in [-0.15, -0.1) is 0 Å². The van der Waals surface area contributed by atoms with Crippen molar-refractivity contribution >= 4 is 28.1 Å². The van der Waals surface area contributed by atoms with Crippen molar-refractivity contribution in [1.29, 1.82) is 0 Å². The van der Waals surface area contributed by atoms with Crippen LogP contribution in [-0.4, -0.2) is 17.1 Å². The van der Waals surface area contributed by atoms with Crippen LogP contribution >= 0.6 is 28.1 Å². The van der Waals surface area contributed by atoms with Gasteiger partial charge in [0.05, 0.1) is 4.47 Å². The molecular formula is C15H23BrN2OS. The summed E-state index contributed by atoms with van der Waals surface area (Å²) < 4.78 is 7.38. The average Bonchev–Trinajstić information content (AvgIpc) is 2.99. The largest absolute Gasteiger partial charge is 0.370 e. The molecule has 5 heteroatoms. The first kappa shape index (κ1) is 16.1. The average molecular weight is 359 g/mol. The van der Waals surface area contributed by atoms with E-state index in [1.165, 1.54) is 31.4 Å². The van der Waals surface area contributed by atoms with Crippen LogP contribution in [0.3, 0.4) is 0 Å². The lowest BCUT2D eigenvalue weighted by molar-refractivity contribution is -0.0294. The van der Waals surface area contributed by atoms with Crippen LogP contribution < -0.4 is 0 Å². The molecule has 2 rings (SSSR count). The number of aromatic nitrogens is 2. The molecular weight excluding hydrogens is 336 g/mol. The fraction of sp³-hybridized carbons (Fsp3) is 0.733. The Morgan fingerprint density at radius 2 is 1.95 bits per heavy atom. The van der Waals surface area contributed by atoms with Crippen LogP contribution in [0.15, 0.2) is 4.47 Å². The van der Waals surface area contributed by atoms with Crippen molar-refractivity contribution < 1.29 is 4.74 Å². The Morgan fingerprint density at radius 1 is 1.35 bits per heavy atom. The molecule has 1 aromatic rings. The summed E-state index contributed by atoms with van der Waals surface area (Å²) in [7, 11) is 1.75. The highest BCUT2D eigenvalue weighted by atomic mass is 79.9. The molecule has 0 aromatic carbocycles. The van der Waals surface area contributed by atoms with Gasteiger partial charge in [0.1, 0.15) is 16.1 Å². The van der Waals surface area contributed by atoms with Crippen LogP contribution in [0.5, 0.6) is 0 Å². The van der Waals surface area contributed by atoms with Crippen LogP contribution in [0.2, 0.25) is 0 Å². The molecule has 1 saturated carbocycles. The number of rotatable bonds is 5. The standard InChI is InChI=1S/C15H23BrN2OS/c1-4-15(5-2,19-3)14-17-12(10-8-6-7-9-10)11(16)13(20)18-14/h10H,4-9H2,1-3H3,(H,17,18,20). The Labute approximate surface area is 134 Å². The number of hydrogen-bond donors (Lipinski definition) is 1. The Balaban J connectivity index is 2.52. The lowest BCUT2D eigenvalue weighted by atomic mass is 9.95. The number of H-pyrrole nitrogens is 1. The van der Waals surface area contributed by atoms with Crippen LogP contribution in [0, 0.1) is 4.64 Å². The van der Waals surface area contributed by atoms with Crippen LogP contribution in [-0.2, 0) is 10.3 Å². The van der Waals surface area contributed by atoms with Crippen molar-refractivity contribution in [2.45, 2.75) is 63.9 Å². The van der Waals surface area contributed by atoms with E-state index in [0.717, 1.165) is 23.1 Å². The number of methoxy groups -OCH3 is 1. The summed E-state index contributed by atoms with van der Waals surface area (Å²) in [4.78, 5) is 8.12. The summed E-state index contributed by atoms with van der Waals surface area (Å²) in [6, 6.07) is 0. The van der Waals surface area contributed by atoms with Gasteiger partial charge in [0.2, 0.25) is 0 Å². The topological polar surface area (TPSA) is 37.9 Å². The number of aromatic amines is 1. The van der Waals surface area contributed by atoms with Crippen molar-refractivity contribution in [3.8, 4) is 0 Å². The number of halogens is 1. The Morgan fingerprint density at radius 3 is 2.45 bits per heavy atom. The van der Waals surface area contributed by atoms with E-state index in [0.29, 0.717) is 10.6 Å². The minimum absolute atomic E-state index is 0.360. The van der Waals surface area contributed by atoms with E-state index >= 15 is 0 Å². The fourth-order valence-electron chi connectivity index (χ4n) is 3.16. The maximum absolute atomic E-state index is 5.78. The number of hydrogen-bond acceptors (Lipinski definition) is 3. The molecule has 1 N–H and O–H groups in total. The monoisotopic (exact) mass is 358 g/mol. The van der Waals surface area contributed by atoms with Gasteiger partial charge in [-0.1, -0.05) is 38.9 Å². The van der Waals surface area contributed by atoms with Gasteiger partial charge in [-0.05, 0) is 41.6 Å². The lowest BCUT2D eigenvalue weighted by Gasteiger charge is -2.30. The first-order chi connectivity index (χ1) is 9.57. The van der Waals surface area contributed by atoms with Crippen LogP contribution in [0.1, 0.15) is 69.8 Å². The van der Waals surface area contributed by atoms with Gasteiger partial charge in [0, 0.05) is 18.7 Å². The second-order valence-corrected chi connectivity index (χ2v) is 6.68. The Hall–Kier alpha value is -0.260. The van der Waals surface area contributed by atoms with Gasteiger partial charge < -0.3 is 9.72 Å². The molecule has 0 amide bonds. The molecule has 112 valence electrons. The van der Waals surface area contributed by atoms with E-state index in [1.807, 2.05) is 0 Å². The predicted octanol–water partition coefficient (Wildman–Crippen LogP) is 5.22. The third-order valence-electron chi connectivity index (χ3n) is 4.62. The zero-order chi connectivity index (χ0) is 14.8. The molecule has 1 aromatic heterocycles. The molecule has 0 aliphatic heterocycles. The zero-order valence-electron chi connectivity index (χ0n) is 12.5. The van der Waals surface area contributed by atoms with Crippen molar-refractivity contribution in [2.75, 3.05) is 7.11 Å². The molecule has 3 nitrogen and oxygen atoms in total. The van der Waals surface area contributed by atoms with E-state index in [4.69, 9.17) is 17.0 Å². The maximum Gasteiger partial charge on any atom is 0.144 e. The van der Waals surface area contributed by atoms with E-state index in [1.54, 1.807) is 7.11 Å². The lowest BCUT2D eigenvalue weighted by Crippen LogP contribution is -2.30. The van der Waals surface area contributed by atoms with Crippen LogP contribution in [0.25, 0.3) is 0 Å². The predicted molar refractivity (Wildman–Crippen MR) is 87.6 cm³/mol. The quantitative estimate of drug-likeness (QED) is 0.733. The molecule has 0 spiro atoms. The summed E-state index contributed by atoms with van der Waals surface area (Å²) in [6.45, 7) is 4.26. The van der Waals surface area contributed by atoms with Crippen molar-refractivity contribution in [3.63, 3.8) is 0 Å². The molecule has 0 atom stereocenters. The highest BCUT2D eigenvalue weighted by Crippen LogP contribution is 2.38. The summed E-state index contributed by atoms with van der Waals surface area (Å²) >= 11 is 9.06. The normalized spacial score (nSPS) is 16.8. The minimum atomic E-state index is -0.360. The van der Waals surface area contributed by atoms with E-state index in [9.17, 15) is 0 Å². The SMILES string of the molecule is CCC(CC)(OC)c1nc(=S)c(Br)c(C2CCCC2)[nH]1. The summed E-state index contributed by atoms with van der Waals surface area (Å²) in [5.74, 6) is 1.44. The first-order valence-electron chi connectivity index (χ1n) is 7.43. The minimum Gasteiger partial charge on any atom is -0.370 e. The third kappa shape index (κ3) is 2.85. The molecule has 1 fully saturated rings. The van der Waals surface area contributed by atoms with Crippen LogP contribution in [0.4, 0.5) is 0 Å². The van der Waals surface area contributed by atoms with Crippen molar-refractivity contribution in [3.05, 3.63) is 20.6 Å². The number of nitrogens with one attached hydrogen (secondary N) is 1. The van der Waals surface area contributed by atoms with Gasteiger partial charge >= 0.3 is 0 Å². The fourth-order valence-corrected chi connectivity index (χ4v) is 3.87. The zero-order valence-corrected chi connectivity index (χ0v) is 14.9. The Kier molecular flexibility index (Phi) is 5.37. The number of ether oxygens (including phenoxy) is 1. The second-order valence-electron chi connectivity index (χ2n) is 5.51. The van der Waals surface area contributed by atoms with E-state index in [2.05, 4.69) is 39.7 Å². The van der Waals surface area contributed by atoms with Crippen molar-refractivity contribution in [2.24, 2.45) is 0 Å². The second kappa shape index (κ2) is 6.67. The first-order valence-corrected chi connectivity index (χ1v) is 8.63. The number of nitrogens with zero attached hydrogens (tertiary/aromatic N) is 1. The molecule has 1 aliphatic rings. The summed E-state index contributed by atoms with van der Waals surface area (Å²) in [5, 5.41) is 0. The molecule has 1 aliphatic carbocycles. The smallest absolute Gasteiger partial charge is 0.144 e. The molecule has 0 saturated heterocycles. The van der Waals surface area contributed by atoms with Gasteiger partial charge in [-0.25, -0.2) is 4.98 Å². The van der Waals surface area contributed by atoms with Crippen molar-refractivity contribution in [1.82, 2.24) is 9.97 Å². The van der Waals surface area contributed by atoms with Gasteiger partial charge in [0.25, 0.3) is 0 Å². The third-order valence-corrected chi connectivity index (χ3v) is 5.98. The van der Waals surface area contributed by atoms with E-state index in [-0.39, 0.29) is 5.60 Å². The molecule has 0 bridgehead atoms. The molecule has 0 radical (unpaired) electrons. The summed E-state index contributed by atoms with van der Waals surface area (Å²) in [6.07, 6.45) is 6.81. The highest BCUT2D eigenvalue weighted by Gasteiger charge is 2.32. The molecule has 0 unspecified atom stereocenters. The Bertz CT molecular complexity index is 511. The molecule has 1 heterocycles. The highest BCUT2D eigenvalue weighted by molar-refractivity contribution is 9.10. The van der Waals surface area contributed by atoms with Gasteiger partial charge in [-0.2, -0.15) is 0 Å². The van der Waals surface area contributed by atoms with E-state index < -0.39 is 0 Å². The maximum atomic E-state index is 5.78. The van der Waals surface area contributed by atoms with Gasteiger partial charge in [-0.3, -0.25) is 0 Å². The van der Waals surface area contributed by atoms with Gasteiger partial charge in [0.15, 0.2) is 0 Å². The summed E-state index contributed by atoms with van der Waals surface area (Å²) in [5.41, 5.74) is 0.850. The molecule has 20 heavy (non-hydrogen) atoms.